The van der Waals surface area contributed by atoms with Crippen LogP contribution < -0.4 is 5.32 Å². The highest BCUT2D eigenvalue weighted by molar-refractivity contribution is 5.04. The van der Waals surface area contributed by atoms with Crippen molar-refractivity contribution in [2.45, 2.75) is 77.3 Å². The average Bonchev–Trinajstić information content (AvgIpc) is 3.23. The van der Waals surface area contributed by atoms with Crippen molar-refractivity contribution in [1.29, 1.82) is 0 Å². The maximum atomic E-state index is 3.91. The van der Waals surface area contributed by atoms with Crippen LogP contribution in [-0.2, 0) is 0 Å². The van der Waals surface area contributed by atoms with E-state index in [1.54, 1.807) is 0 Å². The minimum Gasteiger partial charge on any atom is -0.308 e. The molecule has 1 saturated carbocycles. The third kappa shape index (κ3) is 2.60. The summed E-state index contributed by atoms with van der Waals surface area (Å²) in [6.45, 7) is 13.2. The van der Waals surface area contributed by atoms with Gasteiger partial charge in [-0.3, -0.25) is 4.90 Å². The monoisotopic (exact) mass is 252 g/mol. The lowest BCUT2D eigenvalue weighted by Gasteiger charge is -2.54. The molecule has 0 radical (unpaired) electrons. The Morgan fingerprint density at radius 2 is 1.61 bits per heavy atom. The van der Waals surface area contributed by atoms with Crippen molar-refractivity contribution >= 4 is 0 Å². The summed E-state index contributed by atoms with van der Waals surface area (Å²) in [5.74, 6) is 1.01. The maximum absolute atomic E-state index is 3.91. The summed E-state index contributed by atoms with van der Waals surface area (Å²) in [6.07, 6.45) is 8.03. The lowest BCUT2D eigenvalue weighted by molar-refractivity contribution is -0.00790. The van der Waals surface area contributed by atoms with Gasteiger partial charge < -0.3 is 5.32 Å². The molecular formula is C16H32N2. The van der Waals surface area contributed by atoms with Gasteiger partial charge in [0.1, 0.15) is 0 Å². The van der Waals surface area contributed by atoms with E-state index in [0.29, 0.717) is 11.1 Å². The van der Waals surface area contributed by atoms with Gasteiger partial charge in [-0.15, -0.1) is 0 Å². The van der Waals surface area contributed by atoms with Crippen LogP contribution >= 0.6 is 0 Å². The van der Waals surface area contributed by atoms with Crippen LogP contribution in [0.2, 0.25) is 0 Å². The molecule has 2 rings (SSSR count). The minimum atomic E-state index is 0.378. The van der Waals surface area contributed by atoms with Gasteiger partial charge in [-0.25, -0.2) is 0 Å². The van der Waals surface area contributed by atoms with Gasteiger partial charge >= 0.3 is 0 Å². The fourth-order valence-corrected chi connectivity index (χ4v) is 3.59. The van der Waals surface area contributed by atoms with Gasteiger partial charge in [-0.2, -0.15) is 0 Å². The van der Waals surface area contributed by atoms with Gasteiger partial charge in [-0.05, 0) is 44.4 Å². The van der Waals surface area contributed by atoms with Crippen molar-refractivity contribution in [1.82, 2.24) is 10.2 Å². The van der Waals surface area contributed by atoms with Crippen LogP contribution in [0.15, 0.2) is 0 Å². The fraction of sp³-hybridized carbons (Fsp3) is 1.00. The molecule has 2 heteroatoms. The van der Waals surface area contributed by atoms with Gasteiger partial charge in [0.05, 0.1) is 0 Å². The van der Waals surface area contributed by atoms with Crippen LogP contribution in [0.1, 0.15) is 66.2 Å². The Balaban J connectivity index is 2.13. The molecule has 2 nitrogen and oxygen atoms in total. The Kier molecular flexibility index (Phi) is 4.38. The normalized spacial score (nSPS) is 27.3. The number of rotatable bonds is 6. The molecule has 1 N–H and O–H groups in total. The molecule has 0 bridgehead atoms. The quantitative estimate of drug-likeness (QED) is 0.779. The molecule has 0 spiro atoms. The van der Waals surface area contributed by atoms with Crippen LogP contribution in [0, 0.1) is 5.92 Å². The van der Waals surface area contributed by atoms with E-state index >= 15 is 0 Å². The third-order valence-electron chi connectivity index (χ3n) is 5.80. The van der Waals surface area contributed by atoms with E-state index in [0.717, 1.165) is 5.92 Å². The zero-order valence-corrected chi connectivity index (χ0v) is 12.9. The van der Waals surface area contributed by atoms with Crippen molar-refractivity contribution in [3.05, 3.63) is 0 Å². The van der Waals surface area contributed by atoms with Crippen molar-refractivity contribution in [3.8, 4) is 0 Å². The summed E-state index contributed by atoms with van der Waals surface area (Å²) >= 11 is 0. The lowest BCUT2D eigenvalue weighted by Crippen LogP contribution is -2.69. The molecule has 2 fully saturated rings. The van der Waals surface area contributed by atoms with Crippen LogP contribution in [0.4, 0.5) is 0 Å². The molecule has 18 heavy (non-hydrogen) atoms. The molecule has 0 aromatic carbocycles. The predicted molar refractivity (Wildman–Crippen MR) is 78.9 cm³/mol. The molecule has 1 heterocycles. The SMILES string of the molecule is CCC1(CC)CN(CC2CC2)C(CC)(CC)CN1. The minimum absolute atomic E-state index is 0.378. The molecule has 1 aliphatic carbocycles. The molecule has 1 saturated heterocycles. The van der Waals surface area contributed by atoms with Crippen LogP contribution in [0.3, 0.4) is 0 Å². The van der Waals surface area contributed by atoms with Crippen LogP contribution in [0.25, 0.3) is 0 Å². The fourth-order valence-electron chi connectivity index (χ4n) is 3.59. The molecule has 106 valence electrons. The standard InChI is InChI=1S/C16H32N2/c1-5-15(6-2)13-18(11-14-9-10-14)16(7-3,8-4)12-17-15/h14,17H,5-13H2,1-4H3. The summed E-state index contributed by atoms with van der Waals surface area (Å²) in [6, 6.07) is 0. The Morgan fingerprint density at radius 3 is 2.06 bits per heavy atom. The van der Waals surface area contributed by atoms with Crippen molar-refractivity contribution in [2.75, 3.05) is 19.6 Å². The van der Waals surface area contributed by atoms with E-state index in [-0.39, 0.29) is 0 Å². The Hall–Kier alpha value is -0.0800. The number of nitrogens with one attached hydrogen (secondary N) is 1. The van der Waals surface area contributed by atoms with E-state index in [2.05, 4.69) is 37.9 Å². The van der Waals surface area contributed by atoms with Crippen molar-refractivity contribution in [2.24, 2.45) is 5.92 Å². The zero-order chi connectivity index (χ0) is 13.2. The molecule has 0 amide bonds. The summed E-state index contributed by atoms with van der Waals surface area (Å²) in [5, 5.41) is 3.91. The highest BCUT2D eigenvalue weighted by atomic mass is 15.3. The highest BCUT2D eigenvalue weighted by Crippen LogP contribution is 2.37. The molecule has 0 aromatic rings. The Labute approximate surface area is 114 Å². The molecule has 1 aliphatic heterocycles. The molecule has 0 atom stereocenters. The van der Waals surface area contributed by atoms with Crippen molar-refractivity contribution < 1.29 is 0 Å². The van der Waals surface area contributed by atoms with E-state index in [9.17, 15) is 0 Å². The molecule has 0 unspecified atom stereocenters. The first kappa shape index (κ1) is 14.3. The summed E-state index contributed by atoms with van der Waals surface area (Å²) < 4.78 is 0. The second-order valence-electron chi connectivity index (χ2n) is 6.60. The molecule has 0 aromatic heterocycles. The second-order valence-corrected chi connectivity index (χ2v) is 6.60. The number of nitrogens with zero attached hydrogens (tertiary/aromatic N) is 1. The topological polar surface area (TPSA) is 15.3 Å². The van der Waals surface area contributed by atoms with Gasteiger partial charge in [0.2, 0.25) is 0 Å². The smallest absolute Gasteiger partial charge is 0.0329 e. The van der Waals surface area contributed by atoms with Gasteiger partial charge in [0.15, 0.2) is 0 Å². The summed E-state index contributed by atoms with van der Waals surface area (Å²) in [5.41, 5.74) is 0.805. The summed E-state index contributed by atoms with van der Waals surface area (Å²) in [4.78, 5) is 2.86. The average molecular weight is 252 g/mol. The van der Waals surface area contributed by atoms with Gasteiger partial charge in [0.25, 0.3) is 0 Å². The van der Waals surface area contributed by atoms with E-state index in [1.165, 1.54) is 58.2 Å². The Bertz CT molecular complexity index is 262. The van der Waals surface area contributed by atoms with E-state index in [4.69, 9.17) is 0 Å². The maximum Gasteiger partial charge on any atom is 0.0329 e. The largest absolute Gasteiger partial charge is 0.308 e. The lowest BCUT2D eigenvalue weighted by atomic mass is 9.80. The van der Waals surface area contributed by atoms with Gasteiger partial charge in [0, 0.05) is 30.7 Å². The second kappa shape index (κ2) is 5.50. The highest BCUT2D eigenvalue weighted by Gasteiger charge is 2.45. The number of hydrogen-bond donors (Lipinski definition) is 1. The zero-order valence-electron chi connectivity index (χ0n) is 12.9. The first-order chi connectivity index (χ1) is 8.63. The van der Waals surface area contributed by atoms with Crippen LogP contribution in [-0.4, -0.2) is 35.6 Å². The van der Waals surface area contributed by atoms with Crippen molar-refractivity contribution in [3.63, 3.8) is 0 Å². The van der Waals surface area contributed by atoms with Crippen LogP contribution in [0.5, 0.6) is 0 Å². The third-order valence-corrected chi connectivity index (χ3v) is 5.80. The number of hydrogen-bond acceptors (Lipinski definition) is 2. The molecular weight excluding hydrogens is 220 g/mol. The number of piperazine rings is 1. The van der Waals surface area contributed by atoms with E-state index in [1.807, 2.05) is 0 Å². The predicted octanol–water partition coefficient (Wildman–Crippen LogP) is 3.42. The first-order valence-electron chi connectivity index (χ1n) is 8.13. The van der Waals surface area contributed by atoms with E-state index < -0.39 is 0 Å². The molecule has 2 aliphatic rings. The van der Waals surface area contributed by atoms with Gasteiger partial charge in [-0.1, -0.05) is 27.7 Å². The summed E-state index contributed by atoms with van der Waals surface area (Å²) in [7, 11) is 0. The first-order valence-corrected chi connectivity index (χ1v) is 8.13. The Morgan fingerprint density at radius 1 is 1.00 bits per heavy atom.